The number of fused-ring (bicyclic) bond motifs is 1. The van der Waals surface area contributed by atoms with E-state index in [-0.39, 0.29) is 18.4 Å². The fourth-order valence-electron chi connectivity index (χ4n) is 3.94. The molecule has 2 aliphatic heterocycles. The highest BCUT2D eigenvalue weighted by Gasteiger charge is 2.29. The van der Waals surface area contributed by atoms with Crippen molar-refractivity contribution < 1.29 is 14.3 Å². The molecule has 29 heavy (non-hydrogen) atoms. The van der Waals surface area contributed by atoms with E-state index in [1.807, 2.05) is 47.4 Å². The van der Waals surface area contributed by atoms with Gasteiger partial charge in [-0.2, -0.15) is 0 Å². The molecule has 6 nitrogen and oxygen atoms in total. The second-order valence-corrected chi connectivity index (χ2v) is 8.23. The number of hydrogen-bond donors (Lipinski definition) is 0. The van der Waals surface area contributed by atoms with Gasteiger partial charge in [0.2, 0.25) is 11.8 Å². The fraction of sp³-hybridized carbons (Fsp3) is 0.364. The van der Waals surface area contributed by atoms with Gasteiger partial charge in [-0.25, -0.2) is 0 Å². The lowest BCUT2D eigenvalue weighted by atomic mass is 10.0. The lowest BCUT2D eigenvalue weighted by Gasteiger charge is -2.37. The zero-order chi connectivity index (χ0) is 20.4. The van der Waals surface area contributed by atoms with Crippen LogP contribution in [0.1, 0.15) is 12.0 Å². The highest BCUT2D eigenvalue weighted by Crippen LogP contribution is 2.30. The summed E-state index contributed by atoms with van der Waals surface area (Å²) in [5.41, 5.74) is 3.09. The third-order valence-corrected chi connectivity index (χ3v) is 6.10. The van der Waals surface area contributed by atoms with Crippen molar-refractivity contribution in [3.63, 3.8) is 0 Å². The highest BCUT2D eigenvalue weighted by molar-refractivity contribution is 9.10. The summed E-state index contributed by atoms with van der Waals surface area (Å²) in [6.45, 7) is 2.96. The topological polar surface area (TPSA) is 53.1 Å². The molecule has 2 amide bonds. The van der Waals surface area contributed by atoms with Gasteiger partial charge in [0.15, 0.2) is 0 Å². The first kappa shape index (κ1) is 19.8. The third kappa shape index (κ3) is 4.24. The van der Waals surface area contributed by atoms with Gasteiger partial charge in [-0.05, 0) is 54.4 Å². The van der Waals surface area contributed by atoms with Crippen LogP contribution in [0.15, 0.2) is 46.9 Å². The maximum Gasteiger partial charge on any atom is 0.242 e. The summed E-state index contributed by atoms with van der Waals surface area (Å²) in [5, 5.41) is 0. The number of ether oxygens (including phenoxy) is 1. The first-order valence-corrected chi connectivity index (χ1v) is 10.6. The molecule has 7 heteroatoms. The molecule has 2 aliphatic rings. The summed E-state index contributed by atoms with van der Waals surface area (Å²) >= 11 is 3.48. The van der Waals surface area contributed by atoms with Gasteiger partial charge in [-0.1, -0.05) is 15.9 Å². The zero-order valence-electron chi connectivity index (χ0n) is 16.4. The van der Waals surface area contributed by atoms with Crippen LogP contribution in [-0.2, 0) is 16.0 Å². The lowest BCUT2D eigenvalue weighted by molar-refractivity contribution is -0.131. The van der Waals surface area contributed by atoms with E-state index in [0.29, 0.717) is 19.5 Å². The number of benzene rings is 2. The Labute approximate surface area is 179 Å². The van der Waals surface area contributed by atoms with Crippen LogP contribution >= 0.6 is 15.9 Å². The molecule has 0 aliphatic carbocycles. The Kier molecular flexibility index (Phi) is 5.76. The van der Waals surface area contributed by atoms with E-state index in [1.54, 1.807) is 12.0 Å². The molecule has 2 aromatic carbocycles. The first-order valence-electron chi connectivity index (χ1n) is 9.81. The van der Waals surface area contributed by atoms with Crippen molar-refractivity contribution in [3.8, 4) is 5.75 Å². The van der Waals surface area contributed by atoms with E-state index in [0.717, 1.165) is 46.7 Å². The molecule has 0 saturated carbocycles. The molecule has 1 saturated heterocycles. The third-order valence-electron chi connectivity index (χ3n) is 5.60. The van der Waals surface area contributed by atoms with Gasteiger partial charge in [0.1, 0.15) is 12.3 Å². The molecule has 0 unspecified atom stereocenters. The van der Waals surface area contributed by atoms with Gasteiger partial charge in [-0.3, -0.25) is 9.59 Å². The van der Waals surface area contributed by atoms with E-state index in [1.165, 1.54) is 0 Å². The van der Waals surface area contributed by atoms with Crippen LogP contribution in [0, 0.1) is 0 Å². The first-order chi connectivity index (χ1) is 14.0. The van der Waals surface area contributed by atoms with E-state index >= 15 is 0 Å². The van der Waals surface area contributed by atoms with Crippen LogP contribution in [0.5, 0.6) is 5.75 Å². The van der Waals surface area contributed by atoms with Gasteiger partial charge in [0, 0.05) is 48.4 Å². The van der Waals surface area contributed by atoms with Crippen LogP contribution in [0.2, 0.25) is 0 Å². The number of piperazine rings is 1. The maximum absolute atomic E-state index is 12.9. The molecule has 0 N–H and O–H groups in total. The number of amides is 2. The largest absolute Gasteiger partial charge is 0.497 e. The number of carbonyl (C=O) groups excluding carboxylic acids is 2. The lowest BCUT2D eigenvalue weighted by Crippen LogP contribution is -2.52. The van der Waals surface area contributed by atoms with E-state index < -0.39 is 0 Å². The van der Waals surface area contributed by atoms with Crippen molar-refractivity contribution in [2.45, 2.75) is 12.8 Å². The summed E-state index contributed by atoms with van der Waals surface area (Å²) in [6, 6.07) is 13.9. The predicted octanol–water partition coefficient (Wildman–Crippen LogP) is 3.09. The number of rotatable bonds is 4. The number of carbonyl (C=O) groups is 2. The molecule has 2 heterocycles. The fourth-order valence-corrected chi connectivity index (χ4v) is 4.35. The number of hydrogen-bond acceptors (Lipinski definition) is 4. The van der Waals surface area contributed by atoms with Crippen molar-refractivity contribution in [1.82, 2.24) is 4.90 Å². The molecule has 0 atom stereocenters. The molecule has 1 fully saturated rings. The van der Waals surface area contributed by atoms with Crippen molar-refractivity contribution >= 4 is 39.1 Å². The Hall–Kier alpha value is -2.54. The Balaban J connectivity index is 1.38. The van der Waals surface area contributed by atoms with Crippen molar-refractivity contribution in [2.24, 2.45) is 0 Å². The van der Waals surface area contributed by atoms with Crippen LogP contribution < -0.4 is 14.5 Å². The predicted molar refractivity (Wildman–Crippen MR) is 117 cm³/mol. The van der Waals surface area contributed by atoms with E-state index in [9.17, 15) is 9.59 Å². The van der Waals surface area contributed by atoms with E-state index in [4.69, 9.17) is 4.74 Å². The van der Waals surface area contributed by atoms with Crippen molar-refractivity contribution in [2.75, 3.05) is 49.6 Å². The number of nitrogens with zero attached hydrogens (tertiary/aromatic N) is 3. The van der Waals surface area contributed by atoms with Gasteiger partial charge in [-0.15, -0.1) is 0 Å². The molecular weight excluding hydrogens is 434 g/mol. The second-order valence-electron chi connectivity index (χ2n) is 7.32. The number of methoxy groups -OCH3 is 1. The molecule has 0 radical (unpaired) electrons. The average Bonchev–Trinajstić information content (AvgIpc) is 2.76. The maximum atomic E-state index is 12.9. The normalized spacial score (nSPS) is 16.6. The van der Waals surface area contributed by atoms with Crippen LogP contribution in [0.3, 0.4) is 0 Å². The Morgan fingerprint density at radius 1 is 1.03 bits per heavy atom. The minimum absolute atomic E-state index is 0.00324. The number of aryl methyl sites for hydroxylation is 1. The SMILES string of the molecule is COc1ccc(N2CCN(C(=O)CN3C(=O)CCc4cc(Br)ccc43)CC2)cc1. The average molecular weight is 458 g/mol. The summed E-state index contributed by atoms with van der Waals surface area (Å²) in [5.74, 6) is 0.856. The van der Waals surface area contributed by atoms with Gasteiger partial charge in [0.25, 0.3) is 0 Å². The zero-order valence-corrected chi connectivity index (χ0v) is 18.0. The summed E-state index contributed by atoms with van der Waals surface area (Å²) in [4.78, 5) is 31.1. The molecule has 2 aromatic rings. The summed E-state index contributed by atoms with van der Waals surface area (Å²) in [6.07, 6.45) is 1.17. The quantitative estimate of drug-likeness (QED) is 0.707. The number of anilines is 2. The Bertz CT molecular complexity index is 908. The molecule has 152 valence electrons. The van der Waals surface area contributed by atoms with Gasteiger partial charge < -0.3 is 19.4 Å². The van der Waals surface area contributed by atoms with Crippen LogP contribution in [-0.4, -0.2) is 56.5 Å². The molecule has 0 aromatic heterocycles. The standard InChI is InChI=1S/C22H24BrN3O3/c1-29-19-6-4-18(5-7-19)24-10-12-25(13-11-24)22(28)15-26-20-8-3-17(23)14-16(20)2-9-21(26)27/h3-8,14H,2,9-13,15H2,1H3. The van der Waals surface area contributed by atoms with Gasteiger partial charge in [0.05, 0.1) is 7.11 Å². The van der Waals surface area contributed by atoms with Crippen molar-refractivity contribution in [3.05, 3.63) is 52.5 Å². The van der Waals surface area contributed by atoms with Gasteiger partial charge >= 0.3 is 0 Å². The number of halogens is 1. The Morgan fingerprint density at radius 2 is 1.76 bits per heavy atom. The van der Waals surface area contributed by atoms with Crippen LogP contribution in [0.25, 0.3) is 0 Å². The summed E-state index contributed by atoms with van der Waals surface area (Å²) < 4.78 is 6.20. The highest BCUT2D eigenvalue weighted by atomic mass is 79.9. The minimum Gasteiger partial charge on any atom is -0.497 e. The Morgan fingerprint density at radius 3 is 2.45 bits per heavy atom. The second kappa shape index (κ2) is 8.45. The smallest absolute Gasteiger partial charge is 0.242 e. The molecular formula is C22H24BrN3O3. The molecule has 4 rings (SSSR count). The van der Waals surface area contributed by atoms with Crippen LogP contribution in [0.4, 0.5) is 11.4 Å². The monoisotopic (exact) mass is 457 g/mol. The molecule has 0 bridgehead atoms. The summed E-state index contributed by atoms with van der Waals surface area (Å²) in [7, 11) is 1.66. The van der Waals surface area contributed by atoms with E-state index in [2.05, 4.69) is 20.8 Å². The van der Waals surface area contributed by atoms with Crippen molar-refractivity contribution in [1.29, 1.82) is 0 Å². The molecule has 0 spiro atoms. The minimum atomic E-state index is 0.00324.